The summed E-state index contributed by atoms with van der Waals surface area (Å²) in [5, 5.41) is 15.9. The number of aliphatic carboxylic acids is 1. The third kappa shape index (κ3) is 5.24. The van der Waals surface area contributed by atoms with Gasteiger partial charge in [-0.05, 0) is 32.0 Å². The Hall–Kier alpha value is -2.44. The van der Waals surface area contributed by atoms with Crippen LogP contribution < -0.4 is 5.32 Å². The monoisotopic (exact) mass is 524 g/mol. The highest BCUT2D eigenvalue weighted by Crippen LogP contribution is 2.33. The van der Waals surface area contributed by atoms with Crippen molar-refractivity contribution in [2.45, 2.75) is 37.7 Å². The number of carbonyl (C=O) groups is 2. The molecule has 35 heavy (non-hydrogen) atoms. The molecule has 0 aliphatic carbocycles. The second kappa shape index (κ2) is 10.3. The minimum absolute atomic E-state index is 0.104. The largest absolute Gasteiger partial charge is 0.480 e. The zero-order chi connectivity index (χ0) is 25.3. The molecule has 2 aliphatic rings. The maximum absolute atomic E-state index is 13.8. The number of nitrogens with one attached hydrogen (secondary N) is 1. The molecule has 2 aromatic rings. The molecule has 3 heterocycles. The Morgan fingerprint density at radius 2 is 2.20 bits per heavy atom. The van der Waals surface area contributed by atoms with E-state index in [-0.39, 0.29) is 11.6 Å². The first-order valence-corrected chi connectivity index (χ1v) is 12.3. The van der Waals surface area contributed by atoms with Crippen LogP contribution in [-0.2, 0) is 19.1 Å². The number of carboxylic acids is 1. The summed E-state index contributed by atoms with van der Waals surface area (Å²) >= 11 is 7.76. The van der Waals surface area contributed by atoms with Gasteiger partial charge in [-0.3, -0.25) is 24.8 Å². The zero-order valence-electron chi connectivity index (χ0n) is 19.4. The number of ether oxygens (including phenoxy) is 2. The van der Waals surface area contributed by atoms with Gasteiger partial charge in [0.15, 0.2) is 6.17 Å². The fourth-order valence-corrected chi connectivity index (χ4v) is 5.61. The van der Waals surface area contributed by atoms with Crippen molar-refractivity contribution in [3.05, 3.63) is 51.2 Å². The summed E-state index contributed by atoms with van der Waals surface area (Å²) in [5.41, 5.74) is -0.218. The quantitative estimate of drug-likeness (QED) is 0.555. The Bertz CT molecular complexity index is 1130. The summed E-state index contributed by atoms with van der Waals surface area (Å²) in [6.45, 7) is 4.34. The lowest BCUT2D eigenvalue weighted by molar-refractivity contribution is -0.172. The molecule has 0 saturated carbocycles. The van der Waals surface area contributed by atoms with Crippen LogP contribution in [0.4, 0.5) is 4.39 Å². The smallest absolute Gasteiger partial charge is 0.323 e. The SMILES string of the molecule is COC(=O)C1C(c2ccc(F)cc2Cl)=NC(c2nccs2)NC1CN1CCOC(C)(C)[C@H]1C(=O)O. The zero-order valence-corrected chi connectivity index (χ0v) is 21.0. The van der Waals surface area contributed by atoms with Gasteiger partial charge in [0.05, 0.1) is 30.1 Å². The Morgan fingerprint density at radius 1 is 1.43 bits per heavy atom. The van der Waals surface area contributed by atoms with Gasteiger partial charge in [0.2, 0.25) is 0 Å². The third-order valence-electron chi connectivity index (χ3n) is 6.23. The van der Waals surface area contributed by atoms with E-state index < -0.39 is 47.5 Å². The van der Waals surface area contributed by atoms with Crippen LogP contribution in [0, 0.1) is 11.7 Å². The summed E-state index contributed by atoms with van der Waals surface area (Å²) in [4.78, 5) is 36.2. The molecule has 12 heteroatoms. The van der Waals surface area contributed by atoms with Crippen molar-refractivity contribution in [2.75, 3.05) is 26.8 Å². The minimum Gasteiger partial charge on any atom is -0.480 e. The van der Waals surface area contributed by atoms with E-state index in [1.165, 1.54) is 30.6 Å². The van der Waals surface area contributed by atoms with Crippen molar-refractivity contribution in [2.24, 2.45) is 10.9 Å². The third-order valence-corrected chi connectivity index (χ3v) is 7.37. The van der Waals surface area contributed by atoms with Crippen LogP contribution >= 0.6 is 22.9 Å². The number of aliphatic imine (C=N–C) groups is 1. The molecule has 3 unspecified atom stereocenters. The van der Waals surface area contributed by atoms with Crippen molar-refractivity contribution < 1.29 is 28.6 Å². The molecule has 9 nitrogen and oxygen atoms in total. The van der Waals surface area contributed by atoms with E-state index in [2.05, 4.69) is 10.3 Å². The second-order valence-electron chi connectivity index (χ2n) is 8.87. The molecule has 0 bridgehead atoms. The lowest BCUT2D eigenvalue weighted by Gasteiger charge is -2.46. The van der Waals surface area contributed by atoms with E-state index in [1.807, 2.05) is 5.38 Å². The van der Waals surface area contributed by atoms with Crippen molar-refractivity contribution >= 4 is 40.6 Å². The number of morpholine rings is 1. The van der Waals surface area contributed by atoms with Crippen LogP contribution in [-0.4, -0.2) is 77.1 Å². The number of nitrogens with zero attached hydrogens (tertiary/aromatic N) is 3. The fraction of sp³-hybridized carbons (Fsp3) is 0.478. The molecule has 1 fully saturated rings. The number of benzene rings is 1. The van der Waals surface area contributed by atoms with Crippen LogP contribution in [0.5, 0.6) is 0 Å². The van der Waals surface area contributed by atoms with Crippen molar-refractivity contribution in [3.8, 4) is 0 Å². The van der Waals surface area contributed by atoms with Crippen molar-refractivity contribution in [3.63, 3.8) is 0 Å². The number of aromatic nitrogens is 1. The summed E-state index contributed by atoms with van der Waals surface area (Å²) in [7, 11) is 1.27. The predicted octanol–water partition coefficient (Wildman–Crippen LogP) is 2.75. The number of halogens is 2. The van der Waals surface area contributed by atoms with Gasteiger partial charge in [-0.25, -0.2) is 9.37 Å². The number of hydrogen-bond acceptors (Lipinski definition) is 9. The standard InChI is InChI=1S/C23H26ClFN4O5S/c1-23(2)18(21(30)31)29(7-8-34-23)11-15-16(22(32)33-3)17(13-5-4-12(25)10-14(13)24)28-19(27-15)20-26-6-9-35-20/h4-6,9-10,15-16,18-19,27H,7-8,11H2,1-3H3,(H,30,31)/t15?,16?,18-,19?/m1/s1. The molecule has 1 saturated heterocycles. The van der Waals surface area contributed by atoms with Crippen molar-refractivity contribution in [1.82, 2.24) is 15.2 Å². The van der Waals surface area contributed by atoms with E-state index in [0.717, 1.165) is 6.07 Å². The molecule has 4 rings (SSSR count). The Labute approximate surface area is 210 Å². The molecule has 0 spiro atoms. The summed E-state index contributed by atoms with van der Waals surface area (Å²) in [5.74, 6) is -3.04. The molecule has 0 radical (unpaired) electrons. The maximum atomic E-state index is 13.8. The van der Waals surface area contributed by atoms with Crippen LogP contribution in [0.15, 0.2) is 34.8 Å². The van der Waals surface area contributed by atoms with Gasteiger partial charge in [-0.15, -0.1) is 11.3 Å². The van der Waals surface area contributed by atoms with E-state index in [0.29, 0.717) is 29.4 Å². The molecular formula is C23H26ClFN4O5S. The number of carbonyl (C=O) groups excluding carboxylic acids is 1. The Kier molecular flexibility index (Phi) is 7.53. The molecule has 0 amide bonds. The predicted molar refractivity (Wildman–Crippen MR) is 128 cm³/mol. The van der Waals surface area contributed by atoms with Gasteiger partial charge >= 0.3 is 11.9 Å². The van der Waals surface area contributed by atoms with E-state index in [4.69, 9.17) is 26.1 Å². The second-order valence-corrected chi connectivity index (χ2v) is 10.2. The number of carboxylic acid groups (broad SMARTS) is 1. The number of thiazole rings is 1. The summed E-state index contributed by atoms with van der Waals surface area (Å²) in [6, 6.07) is 2.34. The van der Waals surface area contributed by atoms with Gasteiger partial charge in [-0.2, -0.15) is 0 Å². The van der Waals surface area contributed by atoms with Gasteiger partial charge in [0, 0.05) is 36.3 Å². The van der Waals surface area contributed by atoms with E-state index >= 15 is 0 Å². The number of methoxy groups -OCH3 is 1. The molecule has 2 N–H and O–H groups in total. The van der Waals surface area contributed by atoms with Crippen LogP contribution in [0.2, 0.25) is 5.02 Å². The number of rotatable bonds is 6. The highest BCUT2D eigenvalue weighted by Gasteiger charge is 2.47. The van der Waals surface area contributed by atoms with Gasteiger partial charge in [0.1, 0.15) is 22.8 Å². The lowest BCUT2D eigenvalue weighted by atomic mass is 9.86. The Balaban J connectivity index is 1.79. The first-order valence-electron chi connectivity index (χ1n) is 11.0. The average Bonchev–Trinajstić information content (AvgIpc) is 3.32. The molecule has 2 aliphatic heterocycles. The summed E-state index contributed by atoms with van der Waals surface area (Å²) < 4.78 is 24.7. The molecular weight excluding hydrogens is 499 g/mol. The molecule has 4 atom stereocenters. The minimum atomic E-state index is -1.02. The van der Waals surface area contributed by atoms with Crippen LogP contribution in [0.1, 0.15) is 30.6 Å². The van der Waals surface area contributed by atoms with Gasteiger partial charge < -0.3 is 14.6 Å². The van der Waals surface area contributed by atoms with E-state index in [9.17, 15) is 19.1 Å². The summed E-state index contributed by atoms with van der Waals surface area (Å²) in [6.07, 6.45) is 1.03. The molecule has 188 valence electrons. The lowest BCUT2D eigenvalue weighted by Crippen LogP contribution is -2.64. The number of esters is 1. The average molecular weight is 525 g/mol. The molecule has 1 aromatic heterocycles. The van der Waals surface area contributed by atoms with Crippen molar-refractivity contribution in [1.29, 1.82) is 0 Å². The first kappa shape index (κ1) is 25.6. The van der Waals surface area contributed by atoms with Gasteiger partial charge in [0.25, 0.3) is 0 Å². The highest BCUT2D eigenvalue weighted by molar-refractivity contribution is 7.09. The van der Waals surface area contributed by atoms with Crippen LogP contribution in [0.3, 0.4) is 0 Å². The van der Waals surface area contributed by atoms with E-state index in [1.54, 1.807) is 24.9 Å². The normalized spacial score (nSPS) is 26.7. The topological polar surface area (TPSA) is 113 Å². The maximum Gasteiger partial charge on any atom is 0.323 e. The Morgan fingerprint density at radius 3 is 2.83 bits per heavy atom. The first-order chi connectivity index (χ1) is 16.6. The van der Waals surface area contributed by atoms with Gasteiger partial charge in [-0.1, -0.05) is 11.6 Å². The van der Waals surface area contributed by atoms with Crippen LogP contribution in [0.25, 0.3) is 0 Å². The highest BCUT2D eigenvalue weighted by atomic mass is 35.5. The number of hydrogen-bond donors (Lipinski definition) is 2. The molecule has 1 aromatic carbocycles. The fourth-order valence-electron chi connectivity index (χ4n) is 4.71.